The van der Waals surface area contributed by atoms with Crippen LogP contribution in [0.25, 0.3) is 9.53 Å². The van der Waals surface area contributed by atoms with Gasteiger partial charge in [-0.2, -0.15) is 0 Å². The van der Waals surface area contributed by atoms with Crippen LogP contribution in [0.1, 0.15) is 34.5 Å². The Kier molecular flexibility index (Phi) is 5.03. The third kappa shape index (κ3) is 3.54. The van der Waals surface area contributed by atoms with Crippen molar-refractivity contribution >= 4 is 43.6 Å². The van der Waals surface area contributed by atoms with Gasteiger partial charge in [0.1, 0.15) is 29.2 Å². The van der Waals surface area contributed by atoms with Crippen molar-refractivity contribution in [3.8, 4) is 5.75 Å². The number of piperazine rings is 1. The molecule has 0 aliphatic carbocycles. The predicted octanol–water partition coefficient (Wildman–Crippen LogP) is 2.91. The van der Waals surface area contributed by atoms with Crippen LogP contribution in [0.2, 0.25) is 0 Å². The maximum Gasteiger partial charge on any atom is 0.142 e. The van der Waals surface area contributed by atoms with Crippen molar-refractivity contribution in [3.63, 3.8) is 0 Å². The Morgan fingerprint density at radius 1 is 1.31 bits per heavy atom. The maximum atomic E-state index is 15.1. The first-order chi connectivity index (χ1) is 15.4. The second-order valence-corrected chi connectivity index (χ2v) is 11.2. The molecule has 1 aromatic carbocycles. The number of aromatic nitrogens is 1. The van der Waals surface area contributed by atoms with Crippen molar-refractivity contribution in [1.82, 2.24) is 15.6 Å². The van der Waals surface area contributed by atoms with Gasteiger partial charge >= 0.3 is 0 Å². The number of halogens is 1. The lowest BCUT2D eigenvalue weighted by Crippen LogP contribution is -2.51. The van der Waals surface area contributed by atoms with E-state index in [-0.39, 0.29) is 11.9 Å². The number of nitrogens with one attached hydrogen (secondary N) is 2. The summed E-state index contributed by atoms with van der Waals surface area (Å²) in [6.45, 7) is 4.10. The van der Waals surface area contributed by atoms with Gasteiger partial charge in [-0.3, -0.25) is 5.32 Å². The molecule has 7 nitrogen and oxygen atoms in total. The predicted molar refractivity (Wildman–Crippen MR) is 126 cm³/mol. The molecule has 0 radical (unpaired) electrons. The number of hydrogen-bond donors (Lipinski definition) is 4. The fourth-order valence-electron chi connectivity index (χ4n) is 5.14. The number of thiophene rings is 1. The molecule has 2 fully saturated rings. The molecule has 6 rings (SSSR count). The molecule has 3 aliphatic heterocycles. The number of aliphatic hydroxyl groups is 1. The summed E-state index contributed by atoms with van der Waals surface area (Å²) in [4.78, 5) is 8.21. The summed E-state index contributed by atoms with van der Waals surface area (Å²) in [5.74, 6) is 0.356. The molecule has 170 valence electrons. The number of nitrogens with zero attached hydrogens (tertiary/aromatic N) is 2. The van der Waals surface area contributed by atoms with E-state index in [2.05, 4.69) is 20.5 Å². The number of aliphatic hydroxyl groups excluding tert-OH is 1. The first-order valence-electron chi connectivity index (χ1n) is 11.0. The second kappa shape index (κ2) is 7.81. The molecule has 4 atom stereocenters. The third-order valence-electron chi connectivity index (χ3n) is 6.67. The van der Waals surface area contributed by atoms with Gasteiger partial charge in [0.25, 0.3) is 0 Å². The highest BCUT2D eigenvalue weighted by Gasteiger charge is 2.34. The summed E-state index contributed by atoms with van der Waals surface area (Å²) in [7, 11) is 0. The highest BCUT2D eigenvalue weighted by atomic mass is 32.1. The van der Waals surface area contributed by atoms with Crippen molar-refractivity contribution in [2.75, 3.05) is 30.3 Å². The van der Waals surface area contributed by atoms with E-state index in [0.717, 1.165) is 33.3 Å². The van der Waals surface area contributed by atoms with Crippen molar-refractivity contribution < 1.29 is 14.2 Å². The lowest BCUT2D eigenvalue weighted by molar-refractivity contribution is 0.106. The van der Waals surface area contributed by atoms with Crippen LogP contribution < -0.4 is 26.0 Å². The topological polar surface area (TPSA) is 95.7 Å². The van der Waals surface area contributed by atoms with Gasteiger partial charge in [0.2, 0.25) is 0 Å². The smallest absolute Gasteiger partial charge is 0.142 e. The molecule has 3 aromatic rings. The SMILES string of the molecule is Cc1nc2sc(C(O)N[C@H]3COc4cc(N5CC6CCC(C5)N6)cc(F)c4C3)c(N)c2s1. The second-order valence-electron chi connectivity index (χ2n) is 8.98. The number of anilines is 2. The molecule has 10 heteroatoms. The number of nitrogens with two attached hydrogens (primary N) is 1. The maximum absolute atomic E-state index is 15.1. The fraction of sp³-hybridized carbons (Fsp3) is 0.500. The van der Waals surface area contributed by atoms with Crippen LogP contribution in [0.15, 0.2) is 12.1 Å². The van der Waals surface area contributed by atoms with Crippen LogP contribution in [0.4, 0.5) is 15.8 Å². The van der Waals surface area contributed by atoms with Gasteiger partial charge in [-0.1, -0.05) is 0 Å². The number of hydrogen-bond acceptors (Lipinski definition) is 9. The Labute approximate surface area is 193 Å². The van der Waals surface area contributed by atoms with Crippen LogP contribution in [0, 0.1) is 12.7 Å². The van der Waals surface area contributed by atoms with Gasteiger partial charge in [-0.05, 0) is 32.3 Å². The molecule has 32 heavy (non-hydrogen) atoms. The van der Waals surface area contributed by atoms with Gasteiger partial charge < -0.3 is 25.8 Å². The van der Waals surface area contributed by atoms with E-state index in [0.29, 0.717) is 47.0 Å². The number of nitrogen functional groups attached to an aromatic ring is 1. The summed E-state index contributed by atoms with van der Waals surface area (Å²) in [6.07, 6.45) is 1.87. The zero-order valence-corrected chi connectivity index (χ0v) is 19.4. The first-order valence-corrected chi connectivity index (χ1v) is 12.6. The van der Waals surface area contributed by atoms with Crippen molar-refractivity contribution in [2.24, 2.45) is 0 Å². The summed E-state index contributed by atoms with van der Waals surface area (Å²) in [5.41, 5.74) is 8.26. The van der Waals surface area contributed by atoms with Crippen LogP contribution in [-0.2, 0) is 6.42 Å². The number of rotatable bonds is 4. The van der Waals surface area contributed by atoms with Crippen LogP contribution in [-0.4, -0.2) is 47.9 Å². The minimum Gasteiger partial charge on any atom is -0.491 e. The highest BCUT2D eigenvalue weighted by molar-refractivity contribution is 7.28. The Hall–Kier alpha value is -1.98. The minimum atomic E-state index is -0.949. The monoisotopic (exact) mass is 475 g/mol. The van der Waals surface area contributed by atoms with Gasteiger partial charge in [-0.15, -0.1) is 22.7 Å². The van der Waals surface area contributed by atoms with Crippen LogP contribution in [0.3, 0.4) is 0 Å². The van der Waals surface area contributed by atoms with Crippen molar-refractivity contribution in [1.29, 1.82) is 0 Å². The first kappa shape index (κ1) is 20.6. The Bertz CT molecular complexity index is 1170. The normalized spacial score (nSPS) is 25.7. The highest BCUT2D eigenvalue weighted by Crippen LogP contribution is 2.40. The largest absolute Gasteiger partial charge is 0.491 e. The van der Waals surface area contributed by atoms with Crippen molar-refractivity contribution in [3.05, 3.63) is 33.4 Å². The van der Waals surface area contributed by atoms with Crippen molar-refractivity contribution in [2.45, 2.75) is 50.5 Å². The van der Waals surface area contributed by atoms with Gasteiger partial charge in [0.05, 0.1) is 20.3 Å². The lowest BCUT2D eigenvalue weighted by atomic mass is 10.0. The van der Waals surface area contributed by atoms with E-state index < -0.39 is 6.23 Å². The molecule has 5 heterocycles. The zero-order chi connectivity index (χ0) is 22.0. The van der Waals surface area contributed by atoms with Gasteiger partial charge in [0, 0.05) is 48.5 Å². The summed E-state index contributed by atoms with van der Waals surface area (Å²) >= 11 is 2.92. The molecular weight excluding hydrogens is 449 g/mol. The number of benzene rings is 1. The van der Waals surface area contributed by atoms with E-state index >= 15 is 4.39 Å². The van der Waals surface area contributed by atoms with E-state index in [1.807, 2.05) is 13.0 Å². The molecule has 3 aliphatic rings. The third-order valence-corrected chi connectivity index (χ3v) is 8.96. The molecular formula is C22H26FN5O2S2. The van der Waals surface area contributed by atoms with Gasteiger partial charge in [0.15, 0.2) is 0 Å². The summed E-state index contributed by atoms with van der Waals surface area (Å²) < 4.78 is 22.0. The molecule has 5 N–H and O–H groups in total. The van der Waals surface area contributed by atoms with E-state index in [4.69, 9.17) is 10.5 Å². The average Bonchev–Trinajstić information content (AvgIpc) is 3.41. The molecule has 2 saturated heterocycles. The average molecular weight is 476 g/mol. The quantitative estimate of drug-likeness (QED) is 0.431. The van der Waals surface area contributed by atoms with Crippen LogP contribution >= 0.6 is 22.7 Å². The van der Waals surface area contributed by atoms with Crippen LogP contribution in [0.5, 0.6) is 5.75 Å². The number of ether oxygens (including phenoxy) is 1. The lowest BCUT2D eigenvalue weighted by Gasteiger charge is -2.35. The standard InChI is InChI=1S/C22H26FN5O2S2/c1-10-25-22-20(31-10)18(24)19(32-22)21(29)27-13-4-15-16(23)5-14(6-17(15)30-9-13)28-7-11-2-3-12(8-28)26-11/h5-6,11-13,21,26-27,29H,2-4,7-9,24H2,1H3/t11?,12?,13-,21?/m1/s1. The van der Waals surface area contributed by atoms with E-state index in [1.54, 1.807) is 6.07 Å². The molecule has 0 saturated carbocycles. The minimum absolute atomic E-state index is 0.220. The summed E-state index contributed by atoms with van der Waals surface area (Å²) in [6, 6.07) is 4.35. The van der Waals surface area contributed by atoms with E-state index in [9.17, 15) is 5.11 Å². The van der Waals surface area contributed by atoms with E-state index in [1.165, 1.54) is 35.5 Å². The molecule has 3 unspecified atom stereocenters. The Morgan fingerprint density at radius 2 is 2.09 bits per heavy atom. The Morgan fingerprint density at radius 3 is 2.84 bits per heavy atom. The Balaban J connectivity index is 1.18. The van der Waals surface area contributed by atoms with Gasteiger partial charge in [-0.25, -0.2) is 9.37 Å². The number of thiazole rings is 1. The molecule has 2 aromatic heterocycles. The molecule has 0 spiro atoms. The molecule has 2 bridgehead atoms. The number of aryl methyl sites for hydroxylation is 1. The number of fused-ring (bicyclic) bond motifs is 4. The zero-order valence-electron chi connectivity index (χ0n) is 17.7. The fourth-order valence-corrected chi connectivity index (χ4v) is 7.28. The molecule has 0 amide bonds. The summed E-state index contributed by atoms with van der Waals surface area (Å²) in [5, 5.41) is 18.5.